The van der Waals surface area contributed by atoms with Gasteiger partial charge < -0.3 is 21.3 Å². The first-order valence-electron chi connectivity index (χ1n) is 10.6. The molecule has 5 N–H and O–H groups in total. The highest BCUT2D eigenvalue weighted by molar-refractivity contribution is 6.03. The Morgan fingerprint density at radius 1 is 1.11 bits per heavy atom. The number of nitrogens with zero attached hydrogens (tertiary/aromatic N) is 3. The fourth-order valence-corrected chi connectivity index (χ4v) is 3.59. The van der Waals surface area contributed by atoms with Crippen LogP contribution in [0.1, 0.15) is 35.8 Å². The zero-order valence-electron chi connectivity index (χ0n) is 18.9. The number of hydrogen-bond acceptors (Lipinski definition) is 6. The number of anilines is 2. The van der Waals surface area contributed by atoms with Gasteiger partial charge in [-0.15, -0.1) is 0 Å². The van der Waals surface area contributed by atoms with E-state index in [1.165, 1.54) is 16.8 Å². The number of halogens is 2. The average Bonchev–Trinajstić information content (AvgIpc) is 3.38. The van der Waals surface area contributed by atoms with E-state index in [-0.39, 0.29) is 46.9 Å². The minimum atomic E-state index is -0.807. The van der Waals surface area contributed by atoms with Crippen molar-refractivity contribution in [3.63, 3.8) is 0 Å². The number of nitrogens with one attached hydrogen (secondary N) is 1. The first-order valence-corrected chi connectivity index (χ1v) is 10.6. The molecular formula is C24H22F2N6O3. The van der Waals surface area contributed by atoms with E-state index >= 15 is 0 Å². The van der Waals surface area contributed by atoms with E-state index in [1.807, 2.05) is 13.8 Å². The van der Waals surface area contributed by atoms with Crippen molar-refractivity contribution in [2.45, 2.75) is 26.3 Å². The van der Waals surface area contributed by atoms with Crippen molar-refractivity contribution >= 4 is 23.5 Å². The largest absolute Gasteiger partial charge is 0.383 e. The number of amides is 2. The summed E-state index contributed by atoms with van der Waals surface area (Å²) in [5.41, 5.74) is 13.4. The smallest absolute Gasteiger partial charge is 0.254 e. The van der Waals surface area contributed by atoms with Crippen LogP contribution in [0.5, 0.6) is 0 Å². The van der Waals surface area contributed by atoms with Crippen LogP contribution in [-0.4, -0.2) is 26.8 Å². The SMILES string of the molecule is CC(C)n1nc(-c2ccc(CC(=O)Nc3cc(-c4ccc(F)cc4F)on3)cc2)c(C(N)=O)c1N. The predicted molar refractivity (Wildman–Crippen MR) is 125 cm³/mol. The second-order valence-electron chi connectivity index (χ2n) is 8.13. The maximum atomic E-state index is 13.9. The van der Waals surface area contributed by atoms with Crippen LogP contribution >= 0.6 is 0 Å². The van der Waals surface area contributed by atoms with E-state index in [1.54, 1.807) is 24.3 Å². The number of primary amides is 1. The van der Waals surface area contributed by atoms with Gasteiger partial charge in [-0.2, -0.15) is 5.10 Å². The van der Waals surface area contributed by atoms with Crippen LogP contribution in [0.3, 0.4) is 0 Å². The number of rotatable bonds is 7. The molecule has 0 radical (unpaired) electrons. The number of carbonyl (C=O) groups is 2. The third-order valence-electron chi connectivity index (χ3n) is 5.25. The molecule has 2 aromatic heterocycles. The number of hydrogen-bond donors (Lipinski definition) is 3. The van der Waals surface area contributed by atoms with Gasteiger partial charge in [0.15, 0.2) is 11.6 Å². The quantitative estimate of drug-likeness (QED) is 0.366. The van der Waals surface area contributed by atoms with E-state index in [0.29, 0.717) is 16.8 Å². The Kier molecular flexibility index (Phi) is 6.32. The maximum absolute atomic E-state index is 13.9. The zero-order valence-corrected chi connectivity index (χ0v) is 18.9. The molecule has 0 aliphatic rings. The minimum Gasteiger partial charge on any atom is -0.383 e. The van der Waals surface area contributed by atoms with E-state index in [2.05, 4.69) is 15.6 Å². The molecule has 0 spiro atoms. The van der Waals surface area contributed by atoms with E-state index < -0.39 is 17.5 Å². The molecule has 0 aliphatic heterocycles. The van der Waals surface area contributed by atoms with Gasteiger partial charge in [-0.25, -0.2) is 13.5 Å². The molecule has 0 aliphatic carbocycles. The van der Waals surface area contributed by atoms with E-state index in [0.717, 1.165) is 12.1 Å². The van der Waals surface area contributed by atoms with Crippen LogP contribution in [0.25, 0.3) is 22.6 Å². The molecule has 0 unspecified atom stereocenters. The lowest BCUT2D eigenvalue weighted by atomic mass is 10.0. The number of aromatic nitrogens is 3. The summed E-state index contributed by atoms with van der Waals surface area (Å²) in [5.74, 6) is -2.26. The van der Waals surface area contributed by atoms with Crippen molar-refractivity contribution in [3.8, 4) is 22.6 Å². The molecule has 4 aromatic rings. The standard InChI is InChI=1S/C24H22F2N6O3/c1-12(2)32-23(27)21(24(28)34)22(30-32)14-5-3-13(4-6-14)9-20(33)29-19-11-18(35-31-19)16-8-7-15(25)10-17(16)26/h3-8,10-12H,9,27H2,1-2H3,(H2,28,34)(H,29,31,33). The molecule has 0 fully saturated rings. The molecule has 11 heteroatoms. The summed E-state index contributed by atoms with van der Waals surface area (Å²) in [6.07, 6.45) is 0.0125. The van der Waals surface area contributed by atoms with Gasteiger partial charge in [0.25, 0.3) is 5.91 Å². The maximum Gasteiger partial charge on any atom is 0.254 e. The molecule has 0 saturated heterocycles. The topological polar surface area (TPSA) is 142 Å². The van der Waals surface area contributed by atoms with Crippen LogP contribution in [-0.2, 0) is 11.2 Å². The highest BCUT2D eigenvalue weighted by Crippen LogP contribution is 2.29. The molecule has 0 bridgehead atoms. The molecule has 2 aromatic carbocycles. The van der Waals surface area contributed by atoms with Crippen molar-refractivity contribution in [3.05, 3.63) is 71.3 Å². The van der Waals surface area contributed by atoms with Gasteiger partial charge in [0.05, 0.1) is 12.0 Å². The highest BCUT2D eigenvalue weighted by atomic mass is 19.1. The summed E-state index contributed by atoms with van der Waals surface area (Å²) in [6.45, 7) is 3.77. The van der Waals surface area contributed by atoms with Gasteiger partial charge >= 0.3 is 0 Å². The van der Waals surface area contributed by atoms with Crippen molar-refractivity contribution < 1.29 is 22.9 Å². The van der Waals surface area contributed by atoms with Gasteiger partial charge in [-0.1, -0.05) is 29.4 Å². The summed E-state index contributed by atoms with van der Waals surface area (Å²) < 4.78 is 33.6. The molecule has 0 saturated carbocycles. The van der Waals surface area contributed by atoms with Gasteiger partial charge in [0.1, 0.15) is 28.7 Å². The Morgan fingerprint density at radius 3 is 2.46 bits per heavy atom. The summed E-state index contributed by atoms with van der Waals surface area (Å²) in [6, 6.07) is 11.2. The lowest BCUT2D eigenvalue weighted by Gasteiger charge is -2.07. The van der Waals surface area contributed by atoms with Crippen LogP contribution < -0.4 is 16.8 Å². The van der Waals surface area contributed by atoms with Crippen molar-refractivity contribution in [1.82, 2.24) is 14.9 Å². The zero-order chi connectivity index (χ0) is 25.3. The van der Waals surface area contributed by atoms with E-state index in [4.69, 9.17) is 16.0 Å². The Balaban J connectivity index is 1.46. The molecule has 9 nitrogen and oxygen atoms in total. The Morgan fingerprint density at radius 2 is 1.83 bits per heavy atom. The highest BCUT2D eigenvalue weighted by Gasteiger charge is 2.22. The lowest BCUT2D eigenvalue weighted by molar-refractivity contribution is -0.115. The number of carbonyl (C=O) groups excluding carboxylic acids is 2. The fraction of sp³-hybridized carbons (Fsp3) is 0.167. The fourth-order valence-electron chi connectivity index (χ4n) is 3.59. The van der Waals surface area contributed by atoms with Crippen LogP contribution in [0, 0.1) is 11.6 Å². The van der Waals surface area contributed by atoms with Crippen LogP contribution in [0.2, 0.25) is 0 Å². The molecular weight excluding hydrogens is 458 g/mol. The third-order valence-corrected chi connectivity index (χ3v) is 5.25. The molecule has 0 atom stereocenters. The Hall–Kier alpha value is -4.54. The first-order chi connectivity index (χ1) is 16.6. The van der Waals surface area contributed by atoms with Crippen molar-refractivity contribution in [1.29, 1.82) is 0 Å². The normalized spacial score (nSPS) is 11.1. The van der Waals surface area contributed by atoms with Gasteiger partial charge in [0, 0.05) is 23.7 Å². The summed E-state index contributed by atoms with van der Waals surface area (Å²) in [5, 5.41) is 10.7. The van der Waals surface area contributed by atoms with Crippen LogP contribution in [0.15, 0.2) is 53.1 Å². The second-order valence-corrected chi connectivity index (χ2v) is 8.13. The molecule has 35 heavy (non-hydrogen) atoms. The summed E-state index contributed by atoms with van der Waals surface area (Å²) >= 11 is 0. The number of benzene rings is 2. The molecule has 4 rings (SSSR count). The molecule has 2 amide bonds. The number of nitrogen functional groups attached to an aromatic ring is 1. The van der Waals surface area contributed by atoms with Gasteiger partial charge in [-0.3, -0.25) is 9.59 Å². The second kappa shape index (κ2) is 9.37. The summed E-state index contributed by atoms with van der Waals surface area (Å²) in [7, 11) is 0. The monoisotopic (exact) mass is 480 g/mol. The van der Waals surface area contributed by atoms with Crippen molar-refractivity contribution in [2.24, 2.45) is 5.73 Å². The predicted octanol–water partition coefficient (Wildman–Crippen LogP) is 3.93. The average molecular weight is 480 g/mol. The lowest BCUT2D eigenvalue weighted by Crippen LogP contribution is -2.15. The Bertz CT molecular complexity index is 1410. The Labute approximate surface area is 198 Å². The molecule has 2 heterocycles. The number of nitrogens with two attached hydrogens (primary N) is 2. The van der Waals surface area contributed by atoms with Crippen LogP contribution in [0.4, 0.5) is 20.4 Å². The summed E-state index contributed by atoms with van der Waals surface area (Å²) in [4.78, 5) is 24.4. The minimum absolute atomic E-state index is 0.0125. The van der Waals surface area contributed by atoms with Crippen molar-refractivity contribution in [2.75, 3.05) is 11.1 Å². The van der Waals surface area contributed by atoms with Gasteiger partial charge in [-0.05, 0) is 31.5 Å². The molecule has 180 valence electrons. The van der Waals surface area contributed by atoms with E-state index in [9.17, 15) is 18.4 Å². The van der Waals surface area contributed by atoms with Gasteiger partial charge in [0.2, 0.25) is 5.91 Å². The third kappa shape index (κ3) is 4.88. The first kappa shape index (κ1) is 23.6.